The van der Waals surface area contributed by atoms with Crippen molar-refractivity contribution in [1.82, 2.24) is 4.90 Å². The summed E-state index contributed by atoms with van der Waals surface area (Å²) in [6, 6.07) is 17.4. The van der Waals surface area contributed by atoms with Gasteiger partial charge in [0.25, 0.3) is 5.91 Å². The average molecular weight is 378 g/mol. The first-order chi connectivity index (χ1) is 13.6. The van der Waals surface area contributed by atoms with Gasteiger partial charge in [0.15, 0.2) is 6.61 Å². The minimum absolute atomic E-state index is 0.00477. The van der Waals surface area contributed by atoms with Crippen molar-refractivity contribution in [3.8, 4) is 17.6 Å². The van der Waals surface area contributed by atoms with Crippen molar-refractivity contribution in [1.29, 1.82) is 5.26 Å². The van der Waals surface area contributed by atoms with Gasteiger partial charge in [0.2, 0.25) is 0 Å². The van der Waals surface area contributed by atoms with E-state index in [1.807, 2.05) is 41.3 Å². The summed E-state index contributed by atoms with van der Waals surface area (Å²) in [5, 5.41) is 8.74. The van der Waals surface area contributed by atoms with Crippen molar-refractivity contribution in [3.05, 3.63) is 59.7 Å². The van der Waals surface area contributed by atoms with Gasteiger partial charge in [-0.1, -0.05) is 24.3 Å². The van der Waals surface area contributed by atoms with E-state index in [1.165, 1.54) is 12.8 Å². The summed E-state index contributed by atoms with van der Waals surface area (Å²) in [6.45, 7) is 2.69. The lowest BCUT2D eigenvalue weighted by Crippen LogP contribution is -2.42. The van der Waals surface area contributed by atoms with Gasteiger partial charge in [0.05, 0.1) is 19.6 Å². The van der Waals surface area contributed by atoms with E-state index >= 15 is 0 Å². The second kappa shape index (κ2) is 9.27. The van der Waals surface area contributed by atoms with Gasteiger partial charge in [-0.15, -0.1) is 0 Å². The highest BCUT2D eigenvalue weighted by Crippen LogP contribution is 2.35. The van der Waals surface area contributed by atoms with E-state index < -0.39 is 0 Å². The zero-order chi connectivity index (χ0) is 19.9. The maximum atomic E-state index is 12.9. The molecule has 0 radical (unpaired) electrons. The third-order valence-electron chi connectivity index (χ3n) is 5.20. The zero-order valence-electron chi connectivity index (χ0n) is 16.4. The fraction of sp³-hybridized carbons (Fsp3) is 0.391. The number of carbonyl (C=O) groups is 1. The lowest BCUT2D eigenvalue weighted by atomic mass is 10.1. The van der Waals surface area contributed by atoms with Crippen LogP contribution in [0.2, 0.25) is 0 Å². The van der Waals surface area contributed by atoms with Crippen LogP contribution < -0.4 is 9.47 Å². The Morgan fingerprint density at radius 2 is 1.71 bits per heavy atom. The van der Waals surface area contributed by atoms with Gasteiger partial charge in [-0.25, -0.2) is 0 Å². The molecule has 3 rings (SSSR count). The molecule has 0 bridgehead atoms. The molecule has 0 aromatic heterocycles. The van der Waals surface area contributed by atoms with Crippen LogP contribution in [-0.4, -0.2) is 30.6 Å². The molecular weight excluding hydrogens is 352 g/mol. The molecule has 0 spiro atoms. The van der Waals surface area contributed by atoms with Crippen molar-refractivity contribution < 1.29 is 14.3 Å². The normalized spacial score (nSPS) is 14.0. The molecule has 1 aliphatic carbocycles. The summed E-state index contributed by atoms with van der Waals surface area (Å²) in [7, 11) is 1.64. The van der Waals surface area contributed by atoms with Gasteiger partial charge in [-0.3, -0.25) is 4.79 Å². The van der Waals surface area contributed by atoms with E-state index in [0.717, 1.165) is 16.9 Å². The number of rotatable bonds is 9. The molecule has 0 unspecified atom stereocenters. The fourth-order valence-electron chi connectivity index (χ4n) is 3.24. The van der Waals surface area contributed by atoms with Crippen molar-refractivity contribution in [2.75, 3.05) is 13.7 Å². The van der Waals surface area contributed by atoms with Crippen molar-refractivity contribution in [2.45, 2.75) is 38.8 Å². The molecule has 28 heavy (non-hydrogen) atoms. The second-order valence-corrected chi connectivity index (χ2v) is 7.22. The molecule has 2 aromatic rings. The predicted octanol–water partition coefficient (Wildman–Crippen LogP) is 3.97. The van der Waals surface area contributed by atoms with Crippen LogP contribution in [-0.2, 0) is 17.8 Å². The molecule has 2 aromatic carbocycles. The van der Waals surface area contributed by atoms with Gasteiger partial charge in [0.1, 0.15) is 11.5 Å². The molecule has 0 saturated heterocycles. The largest absolute Gasteiger partial charge is 0.497 e. The molecule has 1 atom stereocenters. The quantitative estimate of drug-likeness (QED) is 0.662. The number of benzene rings is 2. The first-order valence-corrected chi connectivity index (χ1v) is 9.62. The van der Waals surface area contributed by atoms with E-state index in [9.17, 15) is 4.79 Å². The number of amides is 1. The highest BCUT2D eigenvalue weighted by Gasteiger charge is 2.34. The predicted molar refractivity (Wildman–Crippen MR) is 107 cm³/mol. The van der Waals surface area contributed by atoms with Crippen LogP contribution in [0, 0.1) is 17.2 Å². The van der Waals surface area contributed by atoms with E-state index in [4.69, 9.17) is 14.7 Å². The Kier molecular flexibility index (Phi) is 6.54. The Bertz CT molecular complexity index is 820. The number of nitriles is 1. The van der Waals surface area contributed by atoms with Crippen LogP contribution >= 0.6 is 0 Å². The highest BCUT2D eigenvalue weighted by atomic mass is 16.5. The van der Waals surface area contributed by atoms with Gasteiger partial charge in [-0.2, -0.15) is 5.26 Å². The van der Waals surface area contributed by atoms with Crippen LogP contribution in [0.3, 0.4) is 0 Å². The molecule has 5 heteroatoms. The molecule has 1 aliphatic rings. The van der Waals surface area contributed by atoms with E-state index in [2.05, 4.69) is 13.0 Å². The van der Waals surface area contributed by atoms with Crippen molar-refractivity contribution >= 4 is 5.91 Å². The van der Waals surface area contributed by atoms with Crippen LogP contribution in [0.25, 0.3) is 0 Å². The topological polar surface area (TPSA) is 62.6 Å². The molecule has 0 N–H and O–H groups in total. The lowest BCUT2D eigenvalue weighted by Gasteiger charge is -2.29. The molecular formula is C23H26N2O3. The summed E-state index contributed by atoms with van der Waals surface area (Å²) < 4.78 is 10.9. The Labute approximate surface area is 166 Å². The maximum Gasteiger partial charge on any atom is 0.261 e. The molecule has 1 fully saturated rings. The van der Waals surface area contributed by atoms with Crippen LogP contribution in [0.15, 0.2) is 48.5 Å². The first kappa shape index (κ1) is 19.8. The zero-order valence-corrected chi connectivity index (χ0v) is 16.4. The van der Waals surface area contributed by atoms with E-state index in [-0.39, 0.29) is 18.6 Å². The monoisotopic (exact) mass is 378 g/mol. The van der Waals surface area contributed by atoms with Crippen LogP contribution in [0.5, 0.6) is 11.5 Å². The van der Waals surface area contributed by atoms with Crippen molar-refractivity contribution in [2.24, 2.45) is 5.92 Å². The summed E-state index contributed by atoms with van der Waals surface area (Å²) in [4.78, 5) is 14.8. The third-order valence-corrected chi connectivity index (χ3v) is 5.20. The van der Waals surface area contributed by atoms with Gasteiger partial charge in [-0.05, 0) is 61.1 Å². The van der Waals surface area contributed by atoms with Crippen molar-refractivity contribution in [3.63, 3.8) is 0 Å². The lowest BCUT2D eigenvalue weighted by molar-refractivity contribution is -0.136. The smallest absolute Gasteiger partial charge is 0.261 e. The molecule has 0 aliphatic heterocycles. The first-order valence-electron chi connectivity index (χ1n) is 9.62. The molecule has 5 nitrogen and oxygen atoms in total. The number of hydrogen-bond donors (Lipinski definition) is 0. The Balaban J connectivity index is 1.63. The summed E-state index contributed by atoms with van der Waals surface area (Å²) in [6.07, 6.45) is 2.72. The summed E-state index contributed by atoms with van der Waals surface area (Å²) >= 11 is 0. The Morgan fingerprint density at radius 3 is 2.29 bits per heavy atom. The van der Waals surface area contributed by atoms with Gasteiger partial charge < -0.3 is 14.4 Å². The third kappa shape index (κ3) is 5.26. The number of hydrogen-bond acceptors (Lipinski definition) is 4. The SMILES string of the molecule is COc1ccc(CN(C(=O)COc2ccc(CC#N)cc2)[C@H](C)C2CC2)cc1. The molecule has 1 saturated carbocycles. The van der Waals surface area contributed by atoms with Crippen LogP contribution in [0.4, 0.5) is 0 Å². The van der Waals surface area contributed by atoms with Crippen LogP contribution in [0.1, 0.15) is 30.9 Å². The van der Waals surface area contributed by atoms with Gasteiger partial charge >= 0.3 is 0 Å². The maximum absolute atomic E-state index is 12.9. The molecule has 1 amide bonds. The number of nitrogens with zero attached hydrogens (tertiary/aromatic N) is 2. The Morgan fingerprint density at radius 1 is 1.11 bits per heavy atom. The number of carbonyl (C=O) groups excluding carboxylic acids is 1. The minimum Gasteiger partial charge on any atom is -0.497 e. The second-order valence-electron chi connectivity index (χ2n) is 7.22. The highest BCUT2D eigenvalue weighted by molar-refractivity contribution is 5.78. The van der Waals surface area contributed by atoms with Gasteiger partial charge in [0, 0.05) is 12.6 Å². The number of ether oxygens (including phenoxy) is 2. The average Bonchev–Trinajstić information content (AvgIpc) is 3.57. The van der Waals surface area contributed by atoms with E-state index in [1.54, 1.807) is 19.2 Å². The fourth-order valence-corrected chi connectivity index (χ4v) is 3.24. The summed E-state index contributed by atoms with van der Waals surface area (Å²) in [5.41, 5.74) is 2.01. The summed E-state index contributed by atoms with van der Waals surface area (Å²) in [5.74, 6) is 2.00. The standard InChI is InChI=1S/C23H26N2O3/c1-17(20-7-8-20)25(15-19-5-9-21(27-2)10-6-19)23(26)16-28-22-11-3-18(4-12-22)13-14-24/h3-6,9-12,17,20H,7-8,13,15-16H2,1-2H3/t17-/m1/s1. The molecule has 0 heterocycles. The number of methoxy groups -OCH3 is 1. The van der Waals surface area contributed by atoms with E-state index in [0.29, 0.717) is 24.6 Å². The Hall–Kier alpha value is -3.00. The minimum atomic E-state index is -0.0173. The molecule has 146 valence electrons.